The summed E-state index contributed by atoms with van der Waals surface area (Å²) < 4.78 is 0. The second kappa shape index (κ2) is 2.91. The van der Waals surface area contributed by atoms with Crippen LogP contribution >= 0.6 is 0 Å². The summed E-state index contributed by atoms with van der Waals surface area (Å²) in [5, 5.41) is 0. The molecule has 1 heteroatoms. The van der Waals surface area contributed by atoms with Gasteiger partial charge >= 0.3 is 0 Å². The van der Waals surface area contributed by atoms with Crippen molar-refractivity contribution >= 4 is 0 Å². The summed E-state index contributed by atoms with van der Waals surface area (Å²) in [6, 6.07) is 0. The maximum absolute atomic E-state index is 3.68. The van der Waals surface area contributed by atoms with Gasteiger partial charge in [0.1, 0.15) is 0 Å². The molecule has 1 aliphatic heterocycles. The molecule has 1 nitrogen and oxygen atoms in total. The standard InChI is InChI=1S/C9H15N/c1-4-5-9-6-8(2)7-10(9)3/h4-5,8H,1,6-7H2,2-3H3/b9-5-. The zero-order chi connectivity index (χ0) is 7.56. The van der Waals surface area contributed by atoms with E-state index in [-0.39, 0.29) is 0 Å². The Kier molecular flexibility index (Phi) is 2.15. The highest BCUT2D eigenvalue weighted by atomic mass is 15.1. The average Bonchev–Trinajstić information content (AvgIpc) is 2.13. The molecule has 56 valence electrons. The SMILES string of the molecule is C=C/C=C1/CC(C)CN1C. The van der Waals surface area contributed by atoms with Gasteiger partial charge in [0, 0.05) is 19.3 Å². The minimum absolute atomic E-state index is 0.816. The number of hydrogen-bond acceptors (Lipinski definition) is 1. The highest BCUT2D eigenvalue weighted by Gasteiger charge is 2.18. The Labute approximate surface area is 63.0 Å². The number of allylic oxidation sites excluding steroid dienone is 3. The molecule has 1 atom stereocenters. The van der Waals surface area contributed by atoms with Crippen LogP contribution in [-0.2, 0) is 0 Å². The van der Waals surface area contributed by atoms with Gasteiger partial charge in [0.05, 0.1) is 0 Å². The predicted molar refractivity (Wildman–Crippen MR) is 44.7 cm³/mol. The third-order valence-corrected chi connectivity index (χ3v) is 1.94. The van der Waals surface area contributed by atoms with Crippen LogP contribution in [0.2, 0.25) is 0 Å². The topological polar surface area (TPSA) is 3.24 Å². The highest BCUT2D eigenvalue weighted by molar-refractivity contribution is 5.12. The van der Waals surface area contributed by atoms with E-state index in [1.807, 2.05) is 6.08 Å². The summed E-state index contributed by atoms with van der Waals surface area (Å²) >= 11 is 0. The van der Waals surface area contributed by atoms with Crippen LogP contribution in [0, 0.1) is 5.92 Å². The van der Waals surface area contributed by atoms with Crippen LogP contribution in [0.3, 0.4) is 0 Å². The van der Waals surface area contributed by atoms with Crippen LogP contribution in [0.1, 0.15) is 13.3 Å². The van der Waals surface area contributed by atoms with Gasteiger partial charge in [-0.2, -0.15) is 0 Å². The molecule has 0 aromatic rings. The predicted octanol–water partition coefficient (Wildman–Crippen LogP) is 2.03. The summed E-state index contributed by atoms with van der Waals surface area (Å²) in [6.45, 7) is 7.15. The molecule has 10 heavy (non-hydrogen) atoms. The van der Waals surface area contributed by atoms with E-state index in [2.05, 4.69) is 31.5 Å². The van der Waals surface area contributed by atoms with Gasteiger partial charge in [0.25, 0.3) is 0 Å². The molecular formula is C9H15N. The lowest BCUT2D eigenvalue weighted by Crippen LogP contribution is -2.11. The molecule has 1 aliphatic rings. The van der Waals surface area contributed by atoms with Crippen molar-refractivity contribution in [2.75, 3.05) is 13.6 Å². The van der Waals surface area contributed by atoms with Gasteiger partial charge in [0.15, 0.2) is 0 Å². The van der Waals surface area contributed by atoms with Crippen LogP contribution < -0.4 is 0 Å². The van der Waals surface area contributed by atoms with Crippen molar-refractivity contribution in [1.29, 1.82) is 0 Å². The van der Waals surface area contributed by atoms with E-state index in [9.17, 15) is 0 Å². The summed E-state index contributed by atoms with van der Waals surface area (Å²) in [7, 11) is 2.14. The zero-order valence-corrected chi connectivity index (χ0v) is 6.80. The summed E-state index contributed by atoms with van der Waals surface area (Å²) in [6.07, 6.45) is 5.18. The Morgan fingerprint density at radius 2 is 2.40 bits per heavy atom. The molecule has 0 aromatic heterocycles. The van der Waals surface area contributed by atoms with Gasteiger partial charge in [-0.3, -0.25) is 0 Å². The third kappa shape index (κ3) is 1.41. The molecule has 1 fully saturated rings. The van der Waals surface area contributed by atoms with Crippen molar-refractivity contribution in [3.63, 3.8) is 0 Å². The van der Waals surface area contributed by atoms with Gasteiger partial charge in [0.2, 0.25) is 0 Å². The van der Waals surface area contributed by atoms with Crippen molar-refractivity contribution < 1.29 is 0 Å². The Morgan fingerprint density at radius 1 is 1.70 bits per heavy atom. The minimum Gasteiger partial charge on any atom is -0.378 e. The second-order valence-electron chi connectivity index (χ2n) is 3.08. The van der Waals surface area contributed by atoms with E-state index in [1.54, 1.807) is 0 Å². The fourth-order valence-corrected chi connectivity index (χ4v) is 1.49. The first-order valence-corrected chi connectivity index (χ1v) is 3.76. The van der Waals surface area contributed by atoms with Crippen molar-refractivity contribution in [2.24, 2.45) is 5.92 Å². The fourth-order valence-electron chi connectivity index (χ4n) is 1.49. The second-order valence-corrected chi connectivity index (χ2v) is 3.08. The lowest BCUT2D eigenvalue weighted by atomic mass is 10.1. The average molecular weight is 137 g/mol. The molecular weight excluding hydrogens is 122 g/mol. The smallest absolute Gasteiger partial charge is 0.0201 e. The van der Waals surface area contributed by atoms with Crippen molar-refractivity contribution in [3.05, 3.63) is 24.4 Å². The van der Waals surface area contributed by atoms with Gasteiger partial charge in [-0.15, -0.1) is 0 Å². The quantitative estimate of drug-likeness (QED) is 0.534. The molecule has 1 heterocycles. The monoisotopic (exact) mass is 137 g/mol. The molecule has 1 saturated heterocycles. The van der Waals surface area contributed by atoms with Crippen LogP contribution in [0.15, 0.2) is 24.4 Å². The lowest BCUT2D eigenvalue weighted by molar-refractivity contribution is 0.446. The van der Waals surface area contributed by atoms with Gasteiger partial charge < -0.3 is 4.90 Å². The zero-order valence-electron chi connectivity index (χ0n) is 6.80. The Hall–Kier alpha value is -0.720. The van der Waals surface area contributed by atoms with Crippen LogP contribution in [-0.4, -0.2) is 18.5 Å². The van der Waals surface area contributed by atoms with Crippen LogP contribution in [0.5, 0.6) is 0 Å². The van der Waals surface area contributed by atoms with Crippen LogP contribution in [0.25, 0.3) is 0 Å². The number of likely N-dealkylation sites (tertiary alicyclic amines) is 1. The maximum Gasteiger partial charge on any atom is 0.0201 e. The molecule has 1 unspecified atom stereocenters. The Morgan fingerprint density at radius 3 is 2.80 bits per heavy atom. The first kappa shape index (κ1) is 7.39. The first-order valence-electron chi connectivity index (χ1n) is 3.76. The normalized spacial score (nSPS) is 29.6. The summed E-state index contributed by atoms with van der Waals surface area (Å²) in [4.78, 5) is 2.30. The van der Waals surface area contributed by atoms with E-state index < -0.39 is 0 Å². The minimum atomic E-state index is 0.816. The summed E-state index contributed by atoms with van der Waals surface area (Å²) in [5.74, 6) is 0.816. The highest BCUT2D eigenvalue weighted by Crippen LogP contribution is 2.23. The van der Waals surface area contributed by atoms with Crippen molar-refractivity contribution in [1.82, 2.24) is 4.90 Å². The number of hydrogen-bond donors (Lipinski definition) is 0. The maximum atomic E-state index is 3.68. The van der Waals surface area contributed by atoms with E-state index in [0.717, 1.165) is 5.92 Å². The van der Waals surface area contributed by atoms with Gasteiger partial charge in [-0.05, 0) is 18.4 Å². The van der Waals surface area contributed by atoms with E-state index in [1.165, 1.54) is 18.7 Å². The first-order chi connectivity index (χ1) is 4.74. The molecule has 0 aliphatic carbocycles. The van der Waals surface area contributed by atoms with Gasteiger partial charge in [-0.25, -0.2) is 0 Å². The summed E-state index contributed by atoms with van der Waals surface area (Å²) in [5.41, 5.74) is 1.42. The fraction of sp³-hybridized carbons (Fsp3) is 0.556. The Balaban J connectivity index is 2.62. The molecule has 0 N–H and O–H groups in total. The van der Waals surface area contributed by atoms with Crippen molar-refractivity contribution in [2.45, 2.75) is 13.3 Å². The lowest BCUT2D eigenvalue weighted by Gasteiger charge is -2.11. The molecule has 0 saturated carbocycles. The molecule has 1 rings (SSSR count). The Bertz CT molecular complexity index is 158. The van der Waals surface area contributed by atoms with E-state index in [4.69, 9.17) is 0 Å². The van der Waals surface area contributed by atoms with E-state index in [0.29, 0.717) is 0 Å². The number of rotatable bonds is 1. The molecule has 0 radical (unpaired) electrons. The third-order valence-electron chi connectivity index (χ3n) is 1.94. The molecule has 0 amide bonds. The number of nitrogens with zero attached hydrogens (tertiary/aromatic N) is 1. The molecule has 0 bridgehead atoms. The van der Waals surface area contributed by atoms with E-state index >= 15 is 0 Å². The van der Waals surface area contributed by atoms with Gasteiger partial charge in [-0.1, -0.05) is 19.6 Å². The van der Waals surface area contributed by atoms with Crippen LogP contribution in [0.4, 0.5) is 0 Å². The largest absolute Gasteiger partial charge is 0.378 e. The molecule has 0 aromatic carbocycles. The van der Waals surface area contributed by atoms with Crippen molar-refractivity contribution in [3.8, 4) is 0 Å². The molecule has 0 spiro atoms.